The average Bonchev–Trinajstić information content (AvgIpc) is 3.30. The van der Waals surface area contributed by atoms with E-state index in [1.165, 1.54) is 5.56 Å². The van der Waals surface area contributed by atoms with Crippen LogP contribution in [0.5, 0.6) is 0 Å². The molecule has 0 bridgehead atoms. The van der Waals surface area contributed by atoms with Crippen molar-refractivity contribution >= 4 is 6.29 Å². The fourth-order valence-corrected chi connectivity index (χ4v) is 4.07. The van der Waals surface area contributed by atoms with Crippen LogP contribution in [-0.2, 0) is 4.79 Å². The van der Waals surface area contributed by atoms with Gasteiger partial charge in [-0.25, -0.2) is 4.98 Å². The van der Waals surface area contributed by atoms with Crippen LogP contribution in [0.25, 0.3) is 11.1 Å². The molecule has 6 heteroatoms. The van der Waals surface area contributed by atoms with Gasteiger partial charge in [-0.05, 0) is 35.7 Å². The number of carbonyl (C=O) groups is 1. The third kappa shape index (κ3) is 5.21. The quantitative estimate of drug-likeness (QED) is 0.449. The summed E-state index contributed by atoms with van der Waals surface area (Å²) in [5, 5.41) is 18.5. The van der Waals surface area contributed by atoms with Gasteiger partial charge in [-0.2, -0.15) is 5.26 Å². The Bertz CT molecular complexity index is 1190. The SMILES string of the molecule is C[C@H](O)c1nccn1[C@@H](C#Cc1ccc(-c2ccc(C3CN(CCC#N)C3)cc2)cc1)C=O. The zero-order valence-corrected chi connectivity index (χ0v) is 18.6. The van der Waals surface area contributed by atoms with Crippen LogP contribution in [-0.4, -0.2) is 45.5 Å². The highest BCUT2D eigenvalue weighted by Gasteiger charge is 2.27. The third-order valence-corrected chi connectivity index (χ3v) is 5.96. The van der Waals surface area contributed by atoms with Crippen molar-refractivity contribution in [3.63, 3.8) is 0 Å². The van der Waals surface area contributed by atoms with Crippen molar-refractivity contribution in [2.24, 2.45) is 0 Å². The number of hydrogen-bond donors (Lipinski definition) is 1. The summed E-state index contributed by atoms with van der Waals surface area (Å²) in [7, 11) is 0. The molecule has 3 aromatic rings. The van der Waals surface area contributed by atoms with E-state index in [-0.39, 0.29) is 0 Å². The number of nitriles is 1. The maximum absolute atomic E-state index is 11.6. The molecule has 1 fully saturated rings. The Kier molecular flexibility index (Phi) is 7.00. The summed E-state index contributed by atoms with van der Waals surface area (Å²) in [6.45, 7) is 4.51. The molecule has 0 spiro atoms. The number of aldehydes is 1. The molecule has 2 aromatic carbocycles. The minimum Gasteiger partial charge on any atom is -0.385 e. The van der Waals surface area contributed by atoms with Crippen molar-refractivity contribution in [2.45, 2.75) is 31.4 Å². The van der Waals surface area contributed by atoms with Crippen LogP contribution in [0.3, 0.4) is 0 Å². The van der Waals surface area contributed by atoms with Crippen LogP contribution in [0.4, 0.5) is 0 Å². The first-order valence-corrected chi connectivity index (χ1v) is 11.1. The van der Waals surface area contributed by atoms with Crippen molar-refractivity contribution in [2.75, 3.05) is 19.6 Å². The molecule has 6 nitrogen and oxygen atoms in total. The number of rotatable bonds is 7. The highest BCUT2D eigenvalue weighted by molar-refractivity contribution is 5.66. The first-order chi connectivity index (χ1) is 16.1. The molecule has 0 aliphatic carbocycles. The van der Waals surface area contributed by atoms with E-state index < -0.39 is 12.1 Å². The molecule has 1 aliphatic heterocycles. The van der Waals surface area contributed by atoms with E-state index in [2.05, 4.69) is 52.1 Å². The van der Waals surface area contributed by atoms with Crippen LogP contribution >= 0.6 is 0 Å². The summed E-state index contributed by atoms with van der Waals surface area (Å²) < 4.78 is 1.59. The Morgan fingerprint density at radius 1 is 1.15 bits per heavy atom. The Balaban J connectivity index is 1.40. The van der Waals surface area contributed by atoms with Crippen molar-refractivity contribution < 1.29 is 9.90 Å². The molecule has 0 amide bonds. The lowest BCUT2D eigenvalue weighted by Crippen LogP contribution is -2.45. The van der Waals surface area contributed by atoms with Gasteiger partial charge in [0.15, 0.2) is 12.3 Å². The number of hydrogen-bond acceptors (Lipinski definition) is 5. The first-order valence-electron chi connectivity index (χ1n) is 11.1. The molecule has 1 aromatic heterocycles. The fourth-order valence-electron chi connectivity index (χ4n) is 4.07. The van der Waals surface area contributed by atoms with Gasteiger partial charge in [0, 0.05) is 49.9 Å². The maximum atomic E-state index is 11.6. The van der Waals surface area contributed by atoms with Gasteiger partial charge >= 0.3 is 0 Å². The standard InChI is InChI=1S/C27H26N4O2/c1-20(33)27-29-14-16-31(27)26(19-32)12-5-21-3-6-22(7-4-21)23-8-10-24(11-9-23)25-17-30(18-25)15-2-13-28/h3-4,6-11,14,16,19-20,25-26,33H,2,15,17-18H2,1H3/t20-,26-/m0/s1. The average molecular weight is 439 g/mol. The normalized spacial score (nSPS) is 15.5. The summed E-state index contributed by atoms with van der Waals surface area (Å²) in [6, 6.07) is 18.1. The van der Waals surface area contributed by atoms with Gasteiger partial charge in [-0.3, -0.25) is 4.79 Å². The Morgan fingerprint density at radius 3 is 2.42 bits per heavy atom. The van der Waals surface area contributed by atoms with Crippen molar-refractivity contribution in [1.29, 1.82) is 5.26 Å². The number of aliphatic hydroxyl groups is 1. The minimum atomic E-state index is -0.776. The van der Waals surface area contributed by atoms with Crippen LogP contribution in [0.15, 0.2) is 60.9 Å². The maximum Gasteiger partial charge on any atom is 0.155 e. The summed E-state index contributed by atoms with van der Waals surface area (Å²) in [6.07, 6.45) is 3.77. The van der Waals surface area contributed by atoms with E-state index in [1.54, 1.807) is 23.9 Å². The molecule has 2 heterocycles. The second-order valence-corrected chi connectivity index (χ2v) is 8.28. The summed E-state index contributed by atoms with van der Waals surface area (Å²) in [5.74, 6) is 6.98. The Hall–Kier alpha value is -3.71. The van der Waals surface area contributed by atoms with Gasteiger partial charge in [0.25, 0.3) is 0 Å². The summed E-state index contributed by atoms with van der Waals surface area (Å²) in [4.78, 5) is 18.0. The molecule has 0 unspecified atom stereocenters. The molecule has 4 rings (SSSR count). The molecular formula is C27H26N4O2. The lowest BCUT2D eigenvalue weighted by atomic mass is 9.90. The molecule has 0 radical (unpaired) electrons. The van der Waals surface area contributed by atoms with Crippen LogP contribution < -0.4 is 0 Å². The molecule has 0 saturated carbocycles. The van der Waals surface area contributed by atoms with Crippen molar-refractivity contribution in [1.82, 2.24) is 14.5 Å². The third-order valence-electron chi connectivity index (χ3n) is 5.96. The van der Waals surface area contributed by atoms with Gasteiger partial charge in [0.2, 0.25) is 0 Å². The number of aliphatic hydroxyl groups excluding tert-OH is 1. The lowest BCUT2D eigenvalue weighted by Gasteiger charge is -2.39. The highest BCUT2D eigenvalue weighted by Crippen LogP contribution is 2.29. The van der Waals surface area contributed by atoms with Gasteiger partial charge in [-0.1, -0.05) is 48.2 Å². The predicted octanol–water partition coefficient (Wildman–Crippen LogP) is 3.71. The van der Waals surface area contributed by atoms with Crippen molar-refractivity contribution in [3.8, 4) is 29.0 Å². The van der Waals surface area contributed by atoms with E-state index in [1.807, 2.05) is 24.3 Å². The molecule has 166 valence electrons. The largest absolute Gasteiger partial charge is 0.385 e. The second kappa shape index (κ2) is 10.3. The van der Waals surface area contributed by atoms with Crippen LogP contribution in [0.2, 0.25) is 0 Å². The van der Waals surface area contributed by atoms with E-state index in [0.717, 1.165) is 42.6 Å². The molecule has 1 saturated heterocycles. The van der Waals surface area contributed by atoms with E-state index in [9.17, 15) is 9.90 Å². The Labute approximate surface area is 194 Å². The topological polar surface area (TPSA) is 82.2 Å². The molecule has 33 heavy (non-hydrogen) atoms. The van der Waals surface area contributed by atoms with Gasteiger partial charge in [0.1, 0.15) is 11.9 Å². The molecule has 1 N–H and O–H groups in total. The van der Waals surface area contributed by atoms with Crippen molar-refractivity contribution in [3.05, 3.63) is 77.9 Å². The van der Waals surface area contributed by atoms with Crippen LogP contribution in [0.1, 0.15) is 48.4 Å². The van der Waals surface area contributed by atoms with Gasteiger partial charge in [-0.15, -0.1) is 0 Å². The smallest absolute Gasteiger partial charge is 0.155 e. The number of benzene rings is 2. The molecule has 2 atom stereocenters. The summed E-state index contributed by atoms with van der Waals surface area (Å²) >= 11 is 0. The van der Waals surface area contributed by atoms with E-state index in [0.29, 0.717) is 18.2 Å². The molecular weight excluding hydrogens is 412 g/mol. The zero-order valence-electron chi connectivity index (χ0n) is 18.6. The zero-order chi connectivity index (χ0) is 23.2. The number of carbonyl (C=O) groups excluding carboxylic acids is 1. The number of imidazole rings is 1. The highest BCUT2D eigenvalue weighted by atomic mass is 16.3. The predicted molar refractivity (Wildman–Crippen MR) is 126 cm³/mol. The summed E-state index contributed by atoms with van der Waals surface area (Å²) in [5.41, 5.74) is 4.40. The minimum absolute atomic E-state index is 0.414. The van der Waals surface area contributed by atoms with E-state index >= 15 is 0 Å². The number of nitrogens with zero attached hydrogens (tertiary/aromatic N) is 4. The second-order valence-electron chi connectivity index (χ2n) is 8.28. The van der Waals surface area contributed by atoms with Gasteiger partial charge < -0.3 is 14.6 Å². The first kappa shape index (κ1) is 22.5. The van der Waals surface area contributed by atoms with Gasteiger partial charge in [0.05, 0.1) is 6.07 Å². The molecule has 1 aliphatic rings. The fraction of sp³-hybridized carbons (Fsp3) is 0.296. The van der Waals surface area contributed by atoms with Crippen LogP contribution in [0, 0.1) is 23.2 Å². The lowest BCUT2D eigenvalue weighted by molar-refractivity contribution is -0.109. The Morgan fingerprint density at radius 2 is 1.82 bits per heavy atom. The van der Waals surface area contributed by atoms with E-state index in [4.69, 9.17) is 5.26 Å². The number of aromatic nitrogens is 2. The number of likely N-dealkylation sites (tertiary alicyclic amines) is 1. The monoisotopic (exact) mass is 438 g/mol.